The minimum atomic E-state index is -0.248. The van der Waals surface area contributed by atoms with Gasteiger partial charge in [0.1, 0.15) is 0 Å². The van der Waals surface area contributed by atoms with E-state index in [0.29, 0.717) is 45.8 Å². The first-order chi connectivity index (χ1) is 15.4. The van der Waals surface area contributed by atoms with Crippen molar-refractivity contribution < 1.29 is 9.07 Å². The number of carbonyl (C=O) groups is 1. The van der Waals surface area contributed by atoms with Gasteiger partial charge in [0, 0.05) is 49.1 Å². The van der Waals surface area contributed by atoms with Gasteiger partial charge in [0.05, 0.1) is 15.7 Å². The van der Waals surface area contributed by atoms with Gasteiger partial charge < -0.3 is 44.6 Å². The first-order valence-corrected chi connectivity index (χ1v) is 11.7. The molecule has 13 N–H and O–H groups in total. The molecule has 0 unspecified atom stereocenters. The Bertz CT molecular complexity index is 984. The van der Waals surface area contributed by atoms with E-state index in [0.717, 1.165) is 45.3 Å². The van der Waals surface area contributed by atoms with Gasteiger partial charge in [-0.2, -0.15) is 15.0 Å². The van der Waals surface area contributed by atoms with Crippen LogP contribution in [0.4, 0.5) is 29.2 Å². The highest BCUT2D eigenvalue weighted by Crippen LogP contribution is 2.35. The summed E-state index contributed by atoms with van der Waals surface area (Å²) in [5.41, 5.74) is 7.18. The molecule has 1 aromatic carbocycles. The molecule has 0 saturated carbocycles. The molecule has 2 saturated heterocycles. The van der Waals surface area contributed by atoms with E-state index < -0.39 is 0 Å². The predicted molar refractivity (Wildman–Crippen MR) is 158 cm³/mol. The number of nitrogens with zero attached hydrogens (tertiary/aromatic N) is 5. The Morgan fingerprint density at radius 1 is 0.972 bits per heavy atom. The van der Waals surface area contributed by atoms with Crippen molar-refractivity contribution in [2.75, 3.05) is 46.6 Å². The lowest BCUT2D eigenvalue weighted by Crippen LogP contribution is -2.44. The van der Waals surface area contributed by atoms with Gasteiger partial charge in [0.15, 0.2) is 0 Å². The largest absolute Gasteiger partial charge is 0.344 e. The Morgan fingerprint density at radius 2 is 1.53 bits per heavy atom. The highest BCUT2D eigenvalue weighted by Gasteiger charge is 2.23. The average molecular weight is 573 g/mol. The number of nitrogens with two attached hydrogens (primary N) is 1. The van der Waals surface area contributed by atoms with Crippen LogP contribution in [0.5, 0.6) is 0 Å². The molecule has 4 rings (SSSR count). The number of amides is 1. The first-order valence-electron chi connectivity index (χ1n) is 10.9. The summed E-state index contributed by atoms with van der Waals surface area (Å²) in [6.45, 7) is 4.82. The molecule has 0 bridgehead atoms. The van der Waals surface area contributed by atoms with Crippen LogP contribution < -0.4 is 44.6 Å². The average Bonchev–Trinajstić information content (AvgIpc) is 2.76. The number of halogens is 3. The molecule has 2 aliphatic heterocycles. The standard InChI is InChI=1S/C21H28Cl2N8O.ClH.3H3N.3H2/c1-13(32)25-18-16(22)10-15(11-17(18)23)26-19-27-20(30-7-3-2-4-8-30)29-21(28-19)31-9-5-6-14(24)12-31;;;;;;;/h10-11,14H,2-9,12,24H2,1H3,(H,25,32)(H,26,27,28,29);1H;3*1H3;3*1H/t14-;;;;;;;/m1......./s1. The fourth-order valence-corrected chi connectivity index (χ4v) is 4.63. The second-order valence-electron chi connectivity index (χ2n) is 8.28. The molecule has 1 atom stereocenters. The number of hydrogen-bond acceptors (Lipinski definition) is 11. The van der Waals surface area contributed by atoms with Gasteiger partial charge in [0.25, 0.3) is 0 Å². The van der Waals surface area contributed by atoms with Crippen molar-refractivity contribution in [1.82, 2.24) is 33.4 Å². The summed E-state index contributed by atoms with van der Waals surface area (Å²) in [6, 6.07) is 3.47. The lowest BCUT2D eigenvalue weighted by molar-refractivity contribution is -0.114. The van der Waals surface area contributed by atoms with Gasteiger partial charge in [0.2, 0.25) is 23.8 Å². The van der Waals surface area contributed by atoms with Gasteiger partial charge >= 0.3 is 0 Å². The van der Waals surface area contributed by atoms with E-state index >= 15 is 0 Å². The third-order valence-electron chi connectivity index (χ3n) is 5.59. The third kappa shape index (κ3) is 8.44. The van der Waals surface area contributed by atoms with Crippen LogP contribution >= 0.6 is 35.6 Å². The number of piperidine rings is 2. The van der Waals surface area contributed by atoms with Crippen LogP contribution in [-0.4, -0.2) is 53.1 Å². The molecule has 0 aliphatic carbocycles. The lowest BCUT2D eigenvalue weighted by atomic mass is 10.1. The maximum Gasteiger partial charge on any atom is 0.233 e. The zero-order valence-electron chi connectivity index (χ0n) is 20.6. The predicted octanol–water partition coefficient (Wildman–Crippen LogP) is 5.44. The Kier molecular flexibility index (Phi) is 14.2. The monoisotopic (exact) mass is 571 g/mol. The van der Waals surface area contributed by atoms with Crippen molar-refractivity contribution in [3.8, 4) is 0 Å². The van der Waals surface area contributed by atoms with Gasteiger partial charge in [-0.1, -0.05) is 23.2 Å². The Morgan fingerprint density at radius 3 is 2.08 bits per heavy atom. The quantitative estimate of drug-likeness (QED) is 0.265. The van der Waals surface area contributed by atoms with Crippen molar-refractivity contribution in [3.63, 3.8) is 0 Å². The summed E-state index contributed by atoms with van der Waals surface area (Å²) in [6.07, 6.45) is 5.47. The number of anilines is 5. The van der Waals surface area contributed by atoms with E-state index in [2.05, 4.69) is 30.4 Å². The van der Waals surface area contributed by atoms with Gasteiger partial charge in [-0.15, -0.1) is 12.4 Å². The number of rotatable bonds is 5. The maximum atomic E-state index is 11.4. The number of hydrogen-bond donors (Lipinski definition) is 6. The van der Waals surface area contributed by atoms with Crippen LogP contribution in [0.15, 0.2) is 12.1 Å². The van der Waals surface area contributed by atoms with Crippen LogP contribution in [0.25, 0.3) is 0 Å². The number of carbonyl (C=O) groups excluding carboxylic acids is 1. The SMILES string of the molecule is CC(=O)Nc1c(Cl)cc(Nc2nc(N3CCCCC3)nc(N3CCC[C@@H](N)C3)n2)cc1Cl.Cl.N.N.N.[HH].[HH].[HH]. The molecule has 210 valence electrons. The molecular formula is C21H44Cl3N11O. The highest BCUT2D eigenvalue weighted by atomic mass is 35.5. The van der Waals surface area contributed by atoms with E-state index in [4.69, 9.17) is 33.9 Å². The summed E-state index contributed by atoms with van der Waals surface area (Å²) in [4.78, 5) is 29.8. The number of aromatic nitrogens is 3. The zero-order chi connectivity index (χ0) is 22.7. The minimum absolute atomic E-state index is 0. The highest BCUT2D eigenvalue weighted by molar-refractivity contribution is 6.40. The Balaban J connectivity index is -0.000000875. The zero-order valence-corrected chi connectivity index (χ0v) is 22.9. The Labute approximate surface area is 232 Å². The third-order valence-corrected chi connectivity index (χ3v) is 6.19. The molecule has 2 aromatic rings. The van der Waals surface area contributed by atoms with Crippen LogP contribution in [0.3, 0.4) is 0 Å². The van der Waals surface area contributed by atoms with Crippen molar-refractivity contribution >= 4 is 70.7 Å². The molecule has 15 heteroatoms. The number of benzene rings is 1. The fraction of sp³-hybridized carbons (Fsp3) is 0.524. The lowest BCUT2D eigenvalue weighted by Gasteiger charge is -2.32. The molecule has 1 amide bonds. The summed E-state index contributed by atoms with van der Waals surface area (Å²) in [5, 5.41) is 6.50. The van der Waals surface area contributed by atoms with E-state index in [-0.39, 0.29) is 47.1 Å². The Hall–Kier alpha value is -2.19. The van der Waals surface area contributed by atoms with Crippen LogP contribution in [-0.2, 0) is 4.79 Å². The normalized spacial score (nSPS) is 16.9. The van der Waals surface area contributed by atoms with Crippen molar-refractivity contribution in [2.24, 2.45) is 5.73 Å². The summed E-state index contributed by atoms with van der Waals surface area (Å²) < 4.78 is 0. The van der Waals surface area contributed by atoms with E-state index in [1.165, 1.54) is 13.3 Å². The van der Waals surface area contributed by atoms with Crippen molar-refractivity contribution in [3.05, 3.63) is 22.2 Å². The van der Waals surface area contributed by atoms with Gasteiger partial charge in [-0.25, -0.2) is 0 Å². The molecule has 0 spiro atoms. The smallest absolute Gasteiger partial charge is 0.233 e. The second-order valence-corrected chi connectivity index (χ2v) is 9.09. The molecule has 2 fully saturated rings. The molecule has 0 radical (unpaired) electrons. The fourth-order valence-electron chi connectivity index (χ4n) is 4.05. The van der Waals surface area contributed by atoms with Gasteiger partial charge in [-0.05, 0) is 44.2 Å². The molecule has 3 heterocycles. The molecular weight excluding hydrogens is 529 g/mol. The second kappa shape index (κ2) is 15.2. The first kappa shape index (κ1) is 33.8. The molecule has 12 nitrogen and oxygen atoms in total. The van der Waals surface area contributed by atoms with E-state index in [1.54, 1.807) is 12.1 Å². The molecule has 36 heavy (non-hydrogen) atoms. The number of nitrogens with one attached hydrogen (secondary N) is 2. The van der Waals surface area contributed by atoms with Gasteiger partial charge in [-0.3, -0.25) is 4.79 Å². The van der Waals surface area contributed by atoms with E-state index in [1.807, 2.05) is 0 Å². The summed E-state index contributed by atoms with van der Waals surface area (Å²) in [5.74, 6) is 1.44. The van der Waals surface area contributed by atoms with Crippen molar-refractivity contribution in [2.45, 2.75) is 45.1 Å². The minimum Gasteiger partial charge on any atom is -0.344 e. The van der Waals surface area contributed by atoms with Crippen LogP contribution in [0.1, 0.15) is 43.3 Å². The van der Waals surface area contributed by atoms with Crippen molar-refractivity contribution in [1.29, 1.82) is 0 Å². The van der Waals surface area contributed by atoms with Crippen LogP contribution in [0.2, 0.25) is 10.0 Å². The maximum absolute atomic E-state index is 11.4. The topological polar surface area (TPSA) is 217 Å². The molecule has 2 aliphatic rings. The summed E-state index contributed by atoms with van der Waals surface area (Å²) >= 11 is 12.7. The summed E-state index contributed by atoms with van der Waals surface area (Å²) in [7, 11) is 0. The van der Waals surface area contributed by atoms with E-state index in [9.17, 15) is 4.79 Å². The van der Waals surface area contributed by atoms with Crippen LogP contribution in [0, 0.1) is 0 Å². The molecule has 1 aromatic heterocycles.